The van der Waals surface area contributed by atoms with Crippen molar-refractivity contribution >= 4 is 23.2 Å². The zero-order valence-electron chi connectivity index (χ0n) is 14.7. The van der Waals surface area contributed by atoms with Crippen LogP contribution in [0.3, 0.4) is 0 Å². The Morgan fingerprint density at radius 2 is 2.04 bits per heavy atom. The van der Waals surface area contributed by atoms with Gasteiger partial charge in [0.15, 0.2) is 6.10 Å². The van der Waals surface area contributed by atoms with Gasteiger partial charge in [-0.1, -0.05) is 0 Å². The largest absolute Gasteiger partial charge is 0.467 e. The molecule has 0 radical (unpaired) electrons. The number of benzene rings is 1. The predicted molar refractivity (Wildman–Crippen MR) is 97.7 cm³/mol. The van der Waals surface area contributed by atoms with Crippen molar-refractivity contribution in [1.82, 2.24) is 10.3 Å². The lowest BCUT2D eigenvalue weighted by Gasteiger charge is -2.12. The summed E-state index contributed by atoms with van der Waals surface area (Å²) in [6, 6.07) is 9.29. The first-order valence-corrected chi connectivity index (χ1v) is 9.00. The Balaban J connectivity index is 1.63. The first kappa shape index (κ1) is 18.8. The van der Waals surface area contributed by atoms with E-state index < -0.39 is 18.0 Å². The highest BCUT2D eigenvalue weighted by atomic mass is 32.1. The van der Waals surface area contributed by atoms with Gasteiger partial charge in [-0.3, -0.25) is 4.79 Å². The standard InChI is InChI=1S/C19H17FN2O4S/c1-11-16(27-18(22-11)13-5-7-14(20)8-6-13)19(24)26-12(2)17(23)21-10-15-4-3-9-25-15/h3-9,12H,10H2,1-2H3,(H,21,23)/t12-/m0/s1. The number of halogens is 1. The highest BCUT2D eigenvalue weighted by Crippen LogP contribution is 2.28. The van der Waals surface area contributed by atoms with Gasteiger partial charge < -0.3 is 14.5 Å². The highest BCUT2D eigenvalue weighted by molar-refractivity contribution is 7.17. The van der Waals surface area contributed by atoms with Crippen molar-refractivity contribution < 1.29 is 23.1 Å². The summed E-state index contributed by atoms with van der Waals surface area (Å²) in [5.41, 5.74) is 1.19. The van der Waals surface area contributed by atoms with Crippen LogP contribution in [0.25, 0.3) is 10.6 Å². The van der Waals surface area contributed by atoms with Gasteiger partial charge in [-0.15, -0.1) is 11.3 Å². The van der Waals surface area contributed by atoms with Crippen molar-refractivity contribution in [3.8, 4) is 10.6 Å². The number of esters is 1. The predicted octanol–water partition coefficient (Wildman–Crippen LogP) is 3.71. The maximum atomic E-state index is 13.1. The molecule has 0 aliphatic rings. The number of hydrogen-bond donors (Lipinski definition) is 1. The molecule has 0 saturated carbocycles. The van der Waals surface area contributed by atoms with E-state index in [0.29, 0.717) is 26.9 Å². The second kappa shape index (κ2) is 8.13. The summed E-state index contributed by atoms with van der Waals surface area (Å²) < 4.78 is 23.4. The molecule has 140 valence electrons. The molecule has 1 aromatic carbocycles. The number of amides is 1. The minimum Gasteiger partial charge on any atom is -0.467 e. The maximum absolute atomic E-state index is 13.1. The number of nitrogens with zero attached hydrogens (tertiary/aromatic N) is 1. The van der Waals surface area contributed by atoms with Gasteiger partial charge in [0.1, 0.15) is 21.5 Å². The number of thiazole rings is 1. The minimum absolute atomic E-state index is 0.210. The Hall–Kier alpha value is -3.00. The number of carbonyl (C=O) groups is 2. The number of furan rings is 1. The van der Waals surface area contributed by atoms with Crippen molar-refractivity contribution in [3.05, 3.63) is 64.8 Å². The van der Waals surface area contributed by atoms with Crippen molar-refractivity contribution in [3.63, 3.8) is 0 Å². The normalized spacial score (nSPS) is 11.8. The fourth-order valence-corrected chi connectivity index (χ4v) is 3.26. The van der Waals surface area contributed by atoms with E-state index in [1.54, 1.807) is 31.2 Å². The summed E-state index contributed by atoms with van der Waals surface area (Å²) in [6.45, 7) is 3.39. The summed E-state index contributed by atoms with van der Waals surface area (Å²) in [5.74, 6) is -0.801. The SMILES string of the molecule is Cc1nc(-c2ccc(F)cc2)sc1C(=O)O[C@@H](C)C(=O)NCc1ccco1. The Morgan fingerprint density at radius 3 is 2.70 bits per heavy atom. The molecular formula is C19H17FN2O4S. The molecule has 0 unspecified atom stereocenters. The molecule has 0 aliphatic heterocycles. The molecule has 1 N–H and O–H groups in total. The van der Waals surface area contributed by atoms with Gasteiger partial charge in [-0.05, 0) is 50.2 Å². The van der Waals surface area contributed by atoms with Gasteiger partial charge in [0.25, 0.3) is 5.91 Å². The third-order valence-corrected chi connectivity index (χ3v) is 4.93. The van der Waals surface area contributed by atoms with Gasteiger partial charge in [-0.2, -0.15) is 0 Å². The summed E-state index contributed by atoms with van der Waals surface area (Å²) in [4.78, 5) is 29.1. The number of ether oxygens (including phenoxy) is 1. The van der Waals surface area contributed by atoms with Crippen LogP contribution in [-0.4, -0.2) is 23.0 Å². The second-order valence-corrected chi connectivity index (χ2v) is 6.78. The number of hydrogen-bond acceptors (Lipinski definition) is 6. The lowest BCUT2D eigenvalue weighted by atomic mass is 10.2. The Morgan fingerprint density at radius 1 is 1.30 bits per heavy atom. The summed E-state index contributed by atoms with van der Waals surface area (Å²) in [5, 5.41) is 3.21. The zero-order chi connectivity index (χ0) is 19.4. The van der Waals surface area contributed by atoms with Crippen LogP contribution in [0.4, 0.5) is 4.39 Å². The van der Waals surface area contributed by atoms with Crippen LogP contribution in [0.2, 0.25) is 0 Å². The van der Waals surface area contributed by atoms with Crippen molar-refractivity contribution in [2.45, 2.75) is 26.5 Å². The number of aryl methyl sites for hydroxylation is 1. The van der Waals surface area contributed by atoms with Gasteiger partial charge in [-0.25, -0.2) is 14.2 Å². The number of carbonyl (C=O) groups excluding carboxylic acids is 2. The molecule has 0 saturated heterocycles. The summed E-state index contributed by atoms with van der Waals surface area (Å²) >= 11 is 1.14. The highest BCUT2D eigenvalue weighted by Gasteiger charge is 2.23. The molecule has 27 heavy (non-hydrogen) atoms. The average Bonchev–Trinajstić information content (AvgIpc) is 3.29. The topological polar surface area (TPSA) is 81.4 Å². The minimum atomic E-state index is -0.969. The van der Waals surface area contributed by atoms with Crippen LogP contribution in [0.1, 0.15) is 28.0 Å². The van der Waals surface area contributed by atoms with Crippen LogP contribution in [0, 0.1) is 12.7 Å². The average molecular weight is 388 g/mol. The molecular weight excluding hydrogens is 371 g/mol. The third kappa shape index (κ3) is 4.59. The maximum Gasteiger partial charge on any atom is 0.351 e. The van der Waals surface area contributed by atoms with E-state index in [9.17, 15) is 14.0 Å². The van der Waals surface area contributed by atoms with E-state index in [-0.39, 0.29) is 12.4 Å². The van der Waals surface area contributed by atoms with Crippen LogP contribution >= 0.6 is 11.3 Å². The Kier molecular flexibility index (Phi) is 5.66. The molecule has 0 bridgehead atoms. The van der Waals surface area contributed by atoms with Gasteiger partial charge in [0.05, 0.1) is 18.5 Å². The van der Waals surface area contributed by atoms with E-state index in [1.807, 2.05) is 0 Å². The van der Waals surface area contributed by atoms with Crippen LogP contribution in [-0.2, 0) is 16.1 Å². The molecule has 6 nitrogen and oxygen atoms in total. The Labute approximate surface area is 159 Å². The fourth-order valence-electron chi connectivity index (χ4n) is 2.30. The third-order valence-electron chi connectivity index (χ3n) is 3.74. The lowest BCUT2D eigenvalue weighted by Crippen LogP contribution is -2.35. The quantitative estimate of drug-likeness (QED) is 0.651. The number of nitrogens with one attached hydrogen (secondary N) is 1. The van der Waals surface area contributed by atoms with Gasteiger partial charge in [0, 0.05) is 5.56 Å². The zero-order valence-corrected chi connectivity index (χ0v) is 15.5. The van der Waals surface area contributed by atoms with Crippen molar-refractivity contribution in [1.29, 1.82) is 0 Å². The van der Waals surface area contributed by atoms with Gasteiger partial charge in [0.2, 0.25) is 0 Å². The summed E-state index contributed by atoms with van der Waals surface area (Å²) in [7, 11) is 0. The fraction of sp³-hybridized carbons (Fsp3) is 0.211. The van der Waals surface area contributed by atoms with E-state index in [2.05, 4.69) is 10.3 Å². The van der Waals surface area contributed by atoms with Crippen LogP contribution in [0.15, 0.2) is 47.1 Å². The lowest BCUT2D eigenvalue weighted by molar-refractivity contribution is -0.129. The molecule has 3 aromatic rings. The van der Waals surface area contributed by atoms with E-state index in [0.717, 1.165) is 11.3 Å². The summed E-state index contributed by atoms with van der Waals surface area (Å²) in [6.07, 6.45) is 0.541. The molecule has 2 heterocycles. The molecule has 0 spiro atoms. The van der Waals surface area contributed by atoms with Crippen molar-refractivity contribution in [2.75, 3.05) is 0 Å². The molecule has 1 atom stereocenters. The molecule has 1 amide bonds. The van der Waals surface area contributed by atoms with Crippen molar-refractivity contribution in [2.24, 2.45) is 0 Å². The molecule has 8 heteroatoms. The first-order chi connectivity index (χ1) is 12.9. The molecule has 3 rings (SSSR count). The van der Waals surface area contributed by atoms with Crippen LogP contribution in [0.5, 0.6) is 0 Å². The molecule has 0 aliphatic carbocycles. The number of rotatable bonds is 6. The second-order valence-electron chi connectivity index (χ2n) is 5.79. The first-order valence-electron chi connectivity index (χ1n) is 8.18. The van der Waals surface area contributed by atoms with E-state index in [4.69, 9.17) is 9.15 Å². The monoisotopic (exact) mass is 388 g/mol. The number of aromatic nitrogens is 1. The van der Waals surface area contributed by atoms with Crippen LogP contribution < -0.4 is 5.32 Å². The van der Waals surface area contributed by atoms with E-state index in [1.165, 1.54) is 25.3 Å². The smallest absolute Gasteiger partial charge is 0.351 e. The molecule has 2 aromatic heterocycles. The van der Waals surface area contributed by atoms with Gasteiger partial charge >= 0.3 is 5.97 Å². The van der Waals surface area contributed by atoms with E-state index >= 15 is 0 Å². The Bertz CT molecular complexity index is 935. The molecule has 0 fully saturated rings.